The maximum Gasteiger partial charge on any atom is 0.328 e. The predicted molar refractivity (Wildman–Crippen MR) is 60.7 cm³/mol. The van der Waals surface area contributed by atoms with E-state index in [2.05, 4.69) is 9.97 Å². The zero-order chi connectivity index (χ0) is 11.4. The molecule has 1 aromatic carbocycles. The lowest BCUT2D eigenvalue weighted by atomic mass is 10.2. The Kier molecular flexibility index (Phi) is 2.82. The van der Waals surface area contributed by atoms with E-state index < -0.39 is 5.97 Å². The number of benzene rings is 1. The average Bonchev–Trinajstić information content (AvgIpc) is 2.76. The molecule has 0 bridgehead atoms. The topological polar surface area (TPSA) is 66.0 Å². The van der Waals surface area contributed by atoms with Crippen molar-refractivity contribution >= 4 is 12.0 Å². The second-order valence-corrected chi connectivity index (χ2v) is 3.22. The highest BCUT2D eigenvalue weighted by Crippen LogP contribution is 2.16. The van der Waals surface area contributed by atoms with Gasteiger partial charge in [-0.15, -0.1) is 0 Å². The summed E-state index contributed by atoms with van der Waals surface area (Å²) in [7, 11) is 0. The summed E-state index contributed by atoms with van der Waals surface area (Å²) in [6.07, 6.45) is 4.15. The molecule has 0 unspecified atom stereocenters. The highest BCUT2D eigenvalue weighted by molar-refractivity contribution is 5.84. The molecule has 0 atom stereocenters. The van der Waals surface area contributed by atoms with Crippen LogP contribution in [0.4, 0.5) is 0 Å². The van der Waals surface area contributed by atoms with E-state index in [0.717, 1.165) is 17.3 Å². The van der Waals surface area contributed by atoms with E-state index in [4.69, 9.17) is 5.11 Å². The molecule has 0 spiro atoms. The van der Waals surface area contributed by atoms with Gasteiger partial charge in [0.05, 0.1) is 11.9 Å². The number of carboxylic acid groups (broad SMARTS) is 1. The van der Waals surface area contributed by atoms with Crippen LogP contribution in [0.15, 0.2) is 42.6 Å². The van der Waals surface area contributed by atoms with Gasteiger partial charge in [0.25, 0.3) is 0 Å². The van der Waals surface area contributed by atoms with Crippen LogP contribution in [-0.4, -0.2) is 21.0 Å². The van der Waals surface area contributed by atoms with Crippen LogP contribution in [0.25, 0.3) is 17.3 Å². The smallest absolute Gasteiger partial charge is 0.328 e. The zero-order valence-corrected chi connectivity index (χ0v) is 8.42. The van der Waals surface area contributed by atoms with E-state index in [0.29, 0.717) is 5.82 Å². The standard InChI is InChI=1S/C12H10N2O2/c15-12(16)7-6-11-13-8-10(14-11)9-4-2-1-3-5-9/h1-8H,(H,13,14)(H,15,16)/b7-6+. The van der Waals surface area contributed by atoms with Crippen LogP contribution in [-0.2, 0) is 4.79 Å². The molecule has 0 aliphatic heterocycles. The Bertz CT molecular complexity index is 515. The molecule has 2 rings (SSSR count). The van der Waals surface area contributed by atoms with Crippen LogP contribution in [0.2, 0.25) is 0 Å². The van der Waals surface area contributed by atoms with Crippen molar-refractivity contribution in [3.63, 3.8) is 0 Å². The summed E-state index contributed by atoms with van der Waals surface area (Å²) in [5, 5.41) is 8.47. The number of rotatable bonds is 3. The van der Waals surface area contributed by atoms with Gasteiger partial charge in [-0.25, -0.2) is 9.78 Å². The van der Waals surface area contributed by atoms with Crippen molar-refractivity contribution < 1.29 is 9.90 Å². The summed E-state index contributed by atoms with van der Waals surface area (Å²) in [5.41, 5.74) is 1.88. The predicted octanol–water partition coefficient (Wildman–Crippen LogP) is 2.17. The van der Waals surface area contributed by atoms with Crippen LogP contribution >= 0.6 is 0 Å². The van der Waals surface area contributed by atoms with Gasteiger partial charge in [0.1, 0.15) is 5.82 Å². The van der Waals surface area contributed by atoms with E-state index in [1.807, 2.05) is 30.3 Å². The number of aromatic nitrogens is 2. The summed E-state index contributed by atoms with van der Waals surface area (Å²) < 4.78 is 0. The van der Waals surface area contributed by atoms with E-state index in [9.17, 15) is 4.79 Å². The average molecular weight is 214 g/mol. The van der Waals surface area contributed by atoms with Gasteiger partial charge in [-0.2, -0.15) is 0 Å². The van der Waals surface area contributed by atoms with Gasteiger partial charge < -0.3 is 10.1 Å². The van der Waals surface area contributed by atoms with Gasteiger partial charge >= 0.3 is 5.97 Å². The second kappa shape index (κ2) is 4.44. The fourth-order valence-corrected chi connectivity index (χ4v) is 1.34. The van der Waals surface area contributed by atoms with Crippen LogP contribution in [0.1, 0.15) is 5.82 Å². The molecular formula is C12H10N2O2. The Morgan fingerprint density at radius 3 is 2.75 bits per heavy atom. The Labute approximate surface area is 92.3 Å². The molecule has 4 nitrogen and oxygen atoms in total. The number of nitrogens with zero attached hydrogens (tertiary/aromatic N) is 1. The fourth-order valence-electron chi connectivity index (χ4n) is 1.34. The maximum absolute atomic E-state index is 10.3. The number of nitrogens with one attached hydrogen (secondary N) is 1. The van der Waals surface area contributed by atoms with Crippen molar-refractivity contribution in [3.05, 3.63) is 48.4 Å². The molecule has 2 N–H and O–H groups in total. The molecule has 80 valence electrons. The van der Waals surface area contributed by atoms with Crippen LogP contribution < -0.4 is 0 Å². The molecule has 0 aliphatic rings. The number of imidazole rings is 1. The van der Waals surface area contributed by atoms with Crippen molar-refractivity contribution in [2.75, 3.05) is 0 Å². The van der Waals surface area contributed by atoms with Gasteiger partial charge in [0.2, 0.25) is 0 Å². The normalized spacial score (nSPS) is 10.8. The molecule has 0 amide bonds. The molecule has 0 radical (unpaired) electrons. The summed E-state index contributed by atoms with van der Waals surface area (Å²) in [6, 6.07) is 9.72. The third-order valence-electron chi connectivity index (χ3n) is 2.06. The molecule has 0 fully saturated rings. The Balaban J connectivity index is 2.23. The van der Waals surface area contributed by atoms with E-state index in [-0.39, 0.29) is 0 Å². The van der Waals surface area contributed by atoms with E-state index in [1.54, 1.807) is 6.20 Å². The first kappa shape index (κ1) is 10.2. The number of hydrogen-bond donors (Lipinski definition) is 2. The lowest BCUT2D eigenvalue weighted by molar-refractivity contribution is -0.131. The minimum Gasteiger partial charge on any atom is -0.478 e. The first-order valence-electron chi connectivity index (χ1n) is 4.77. The van der Waals surface area contributed by atoms with Crippen molar-refractivity contribution in [1.29, 1.82) is 0 Å². The van der Waals surface area contributed by atoms with Crippen molar-refractivity contribution in [1.82, 2.24) is 9.97 Å². The highest BCUT2D eigenvalue weighted by atomic mass is 16.4. The minimum absolute atomic E-state index is 0.529. The molecule has 0 saturated heterocycles. The SMILES string of the molecule is O=C(O)/C=C/c1ncc(-c2ccccc2)[nH]1. The number of carbonyl (C=O) groups is 1. The number of hydrogen-bond acceptors (Lipinski definition) is 2. The largest absolute Gasteiger partial charge is 0.478 e. The van der Waals surface area contributed by atoms with Gasteiger partial charge in [-0.1, -0.05) is 30.3 Å². The Hall–Kier alpha value is -2.36. The molecule has 16 heavy (non-hydrogen) atoms. The molecule has 1 aromatic heterocycles. The second-order valence-electron chi connectivity index (χ2n) is 3.22. The van der Waals surface area contributed by atoms with Crippen molar-refractivity contribution in [3.8, 4) is 11.3 Å². The van der Waals surface area contributed by atoms with E-state index in [1.165, 1.54) is 6.08 Å². The summed E-state index contributed by atoms with van der Waals surface area (Å²) in [5.74, 6) is -0.459. The number of H-pyrrole nitrogens is 1. The Morgan fingerprint density at radius 1 is 1.31 bits per heavy atom. The quantitative estimate of drug-likeness (QED) is 0.769. The van der Waals surface area contributed by atoms with Gasteiger partial charge in [-0.3, -0.25) is 0 Å². The number of carboxylic acids is 1. The molecular weight excluding hydrogens is 204 g/mol. The van der Waals surface area contributed by atoms with Crippen molar-refractivity contribution in [2.45, 2.75) is 0 Å². The maximum atomic E-state index is 10.3. The van der Waals surface area contributed by atoms with Gasteiger partial charge in [-0.05, 0) is 11.6 Å². The molecule has 0 aliphatic carbocycles. The summed E-state index contributed by atoms with van der Waals surface area (Å²) in [4.78, 5) is 17.4. The summed E-state index contributed by atoms with van der Waals surface area (Å²) in [6.45, 7) is 0. The minimum atomic E-state index is -0.988. The molecule has 4 heteroatoms. The van der Waals surface area contributed by atoms with Crippen LogP contribution in [0, 0.1) is 0 Å². The van der Waals surface area contributed by atoms with Gasteiger partial charge in [0, 0.05) is 6.08 Å². The molecule has 0 saturated carbocycles. The molecule has 1 heterocycles. The first-order valence-corrected chi connectivity index (χ1v) is 4.77. The fraction of sp³-hybridized carbons (Fsp3) is 0. The van der Waals surface area contributed by atoms with Crippen LogP contribution in [0.3, 0.4) is 0 Å². The summed E-state index contributed by atoms with van der Waals surface area (Å²) >= 11 is 0. The first-order chi connectivity index (χ1) is 7.75. The van der Waals surface area contributed by atoms with Crippen LogP contribution in [0.5, 0.6) is 0 Å². The van der Waals surface area contributed by atoms with E-state index >= 15 is 0 Å². The van der Waals surface area contributed by atoms with Crippen molar-refractivity contribution in [2.24, 2.45) is 0 Å². The third-order valence-corrected chi connectivity index (χ3v) is 2.06. The number of aliphatic carboxylic acids is 1. The lowest BCUT2D eigenvalue weighted by Gasteiger charge is -1.94. The number of aromatic amines is 1. The van der Waals surface area contributed by atoms with Gasteiger partial charge in [0.15, 0.2) is 0 Å². The Morgan fingerprint density at radius 2 is 2.06 bits per heavy atom. The zero-order valence-electron chi connectivity index (χ0n) is 8.42. The highest BCUT2D eigenvalue weighted by Gasteiger charge is 2.00. The monoisotopic (exact) mass is 214 g/mol. The molecule has 2 aromatic rings. The third kappa shape index (κ3) is 2.36. The lowest BCUT2D eigenvalue weighted by Crippen LogP contribution is -1.86.